The van der Waals surface area contributed by atoms with Crippen molar-refractivity contribution in [2.24, 2.45) is 23.3 Å². The van der Waals surface area contributed by atoms with Gasteiger partial charge in [-0.25, -0.2) is 0 Å². The molecule has 0 radical (unpaired) electrons. The summed E-state index contributed by atoms with van der Waals surface area (Å²) in [5.41, 5.74) is 11.5. The fourth-order valence-electron chi connectivity index (χ4n) is 2.33. The first-order valence-corrected chi connectivity index (χ1v) is 9.08. The van der Waals surface area contributed by atoms with Crippen LogP contribution in [0, 0.1) is 11.8 Å². The molecule has 2 atom stereocenters. The Morgan fingerprint density at radius 3 is 1.33 bits per heavy atom. The van der Waals surface area contributed by atoms with Gasteiger partial charge in [0.05, 0.1) is 13.2 Å². The highest BCUT2D eigenvalue weighted by Gasteiger charge is 2.17. The van der Waals surface area contributed by atoms with Gasteiger partial charge in [-0.05, 0) is 50.4 Å². The van der Waals surface area contributed by atoms with Crippen molar-refractivity contribution < 1.29 is 19.1 Å². The third kappa shape index (κ3) is 12.3. The maximum atomic E-state index is 11.6. The summed E-state index contributed by atoms with van der Waals surface area (Å²) in [5.74, 6) is 0.112. The monoisotopic (exact) mass is 344 g/mol. The highest BCUT2D eigenvalue weighted by atomic mass is 16.5. The summed E-state index contributed by atoms with van der Waals surface area (Å²) in [6.45, 7) is 8.88. The van der Waals surface area contributed by atoms with E-state index in [9.17, 15) is 9.59 Å². The average molecular weight is 344 g/mol. The maximum absolute atomic E-state index is 11.6. The standard InChI is InChI=1S/C18H36N2O4/c1-13(2)11-15(19)17(21)23-9-7-5-6-8-10-24-18(22)16(20)12-14(3)4/h13-16H,5-12,19-20H2,1-4H3/t15-,16?/m0/s1. The van der Waals surface area contributed by atoms with Crippen molar-refractivity contribution >= 4 is 11.9 Å². The van der Waals surface area contributed by atoms with E-state index in [1.165, 1.54) is 0 Å². The zero-order valence-corrected chi connectivity index (χ0v) is 15.8. The summed E-state index contributed by atoms with van der Waals surface area (Å²) in [6.07, 6.45) is 4.71. The van der Waals surface area contributed by atoms with Gasteiger partial charge >= 0.3 is 11.9 Å². The number of rotatable bonds is 13. The van der Waals surface area contributed by atoms with Gasteiger partial charge in [0.15, 0.2) is 0 Å². The van der Waals surface area contributed by atoms with Gasteiger partial charge in [0.25, 0.3) is 0 Å². The summed E-state index contributed by atoms with van der Waals surface area (Å²) in [5, 5.41) is 0. The number of unbranched alkanes of at least 4 members (excludes halogenated alkanes) is 3. The molecule has 142 valence electrons. The van der Waals surface area contributed by atoms with Crippen LogP contribution in [-0.4, -0.2) is 37.2 Å². The van der Waals surface area contributed by atoms with E-state index in [-0.39, 0.29) is 11.9 Å². The molecule has 6 nitrogen and oxygen atoms in total. The number of hydrogen-bond donors (Lipinski definition) is 2. The van der Waals surface area contributed by atoms with Crippen LogP contribution in [0.3, 0.4) is 0 Å². The van der Waals surface area contributed by atoms with Crippen LogP contribution in [0.4, 0.5) is 0 Å². The minimum Gasteiger partial charge on any atom is -0.465 e. The highest BCUT2D eigenvalue weighted by Crippen LogP contribution is 2.07. The van der Waals surface area contributed by atoms with Crippen molar-refractivity contribution in [3.05, 3.63) is 0 Å². The third-order valence-corrected chi connectivity index (χ3v) is 3.58. The zero-order valence-electron chi connectivity index (χ0n) is 15.8. The lowest BCUT2D eigenvalue weighted by atomic mass is 10.1. The molecule has 0 saturated carbocycles. The minimum atomic E-state index is -0.528. The second kappa shape index (κ2) is 13.2. The van der Waals surface area contributed by atoms with Crippen LogP contribution in [0.1, 0.15) is 66.2 Å². The average Bonchev–Trinajstić information content (AvgIpc) is 2.47. The van der Waals surface area contributed by atoms with Crippen LogP contribution in [-0.2, 0) is 19.1 Å². The molecule has 0 amide bonds. The Kier molecular flexibility index (Phi) is 12.6. The summed E-state index contributed by atoms with van der Waals surface area (Å²) in [4.78, 5) is 23.2. The fraction of sp³-hybridized carbons (Fsp3) is 0.889. The molecule has 0 aliphatic heterocycles. The Labute approximate surface area is 146 Å². The van der Waals surface area contributed by atoms with E-state index < -0.39 is 12.1 Å². The number of esters is 2. The molecule has 6 heteroatoms. The quantitative estimate of drug-likeness (QED) is 0.392. The molecule has 0 saturated heterocycles. The Morgan fingerprint density at radius 2 is 1.04 bits per heavy atom. The molecule has 0 aliphatic rings. The molecule has 0 rings (SSSR count). The number of ether oxygens (including phenoxy) is 2. The Bertz CT molecular complexity index is 325. The number of carbonyl (C=O) groups excluding carboxylic acids is 2. The van der Waals surface area contributed by atoms with Crippen molar-refractivity contribution in [3.8, 4) is 0 Å². The van der Waals surface area contributed by atoms with Crippen molar-refractivity contribution in [2.45, 2.75) is 78.3 Å². The summed E-state index contributed by atoms with van der Waals surface area (Å²) in [6, 6.07) is -1.06. The summed E-state index contributed by atoms with van der Waals surface area (Å²) >= 11 is 0. The first kappa shape index (κ1) is 22.9. The van der Waals surface area contributed by atoms with Gasteiger partial charge in [0, 0.05) is 0 Å². The van der Waals surface area contributed by atoms with Crippen molar-refractivity contribution in [3.63, 3.8) is 0 Å². The van der Waals surface area contributed by atoms with E-state index in [1.54, 1.807) is 0 Å². The van der Waals surface area contributed by atoms with Crippen LogP contribution in [0.25, 0.3) is 0 Å². The lowest BCUT2D eigenvalue weighted by Gasteiger charge is -2.14. The van der Waals surface area contributed by atoms with Crippen LogP contribution >= 0.6 is 0 Å². The third-order valence-electron chi connectivity index (χ3n) is 3.58. The van der Waals surface area contributed by atoms with E-state index in [0.717, 1.165) is 25.7 Å². The smallest absolute Gasteiger partial charge is 0.322 e. The van der Waals surface area contributed by atoms with Gasteiger partial charge in [-0.15, -0.1) is 0 Å². The van der Waals surface area contributed by atoms with E-state index in [1.807, 2.05) is 27.7 Å². The fourth-order valence-corrected chi connectivity index (χ4v) is 2.33. The molecule has 0 aliphatic carbocycles. The number of hydrogen-bond acceptors (Lipinski definition) is 6. The van der Waals surface area contributed by atoms with Gasteiger partial charge in [-0.1, -0.05) is 27.7 Å². The first-order chi connectivity index (χ1) is 11.2. The Hall–Kier alpha value is -1.14. The molecule has 0 aromatic rings. The van der Waals surface area contributed by atoms with Crippen molar-refractivity contribution in [1.82, 2.24) is 0 Å². The lowest BCUT2D eigenvalue weighted by molar-refractivity contribution is -0.146. The molecule has 4 N–H and O–H groups in total. The van der Waals surface area contributed by atoms with Gasteiger partial charge in [0.1, 0.15) is 12.1 Å². The van der Waals surface area contributed by atoms with Gasteiger partial charge in [-0.2, -0.15) is 0 Å². The molecular weight excluding hydrogens is 308 g/mol. The second-order valence-corrected chi connectivity index (χ2v) is 7.22. The minimum absolute atomic E-state index is 0.322. The van der Waals surface area contributed by atoms with Gasteiger partial charge < -0.3 is 20.9 Å². The highest BCUT2D eigenvalue weighted by molar-refractivity contribution is 5.75. The van der Waals surface area contributed by atoms with E-state index in [2.05, 4.69) is 0 Å². The van der Waals surface area contributed by atoms with Crippen LogP contribution in [0.5, 0.6) is 0 Å². The number of carbonyl (C=O) groups is 2. The lowest BCUT2D eigenvalue weighted by Crippen LogP contribution is -2.33. The van der Waals surface area contributed by atoms with E-state index in [0.29, 0.717) is 37.9 Å². The largest absolute Gasteiger partial charge is 0.465 e. The first-order valence-electron chi connectivity index (χ1n) is 9.08. The van der Waals surface area contributed by atoms with E-state index >= 15 is 0 Å². The van der Waals surface area contributed by atoms with Crippen LogP contribution < -0.4 is 11.5 Å². The number of nitrogens with two attached hydrogens (primary N) is 2. The van der Waals surface area contributed by atoms with Crippen molar-refractivity contribution in [1.29, 1.82) is 0 Å². The molecule has 0 fully saturated rings. The maximum Gasteiger partial charge on any atom is 0.322 e. The topological polar surface area (TPSA) is 105 Å². The molecular formula is C18H36N2O4. The predicted octanol–water partition coefficient (Wildman–Crippen LogP) is 2.38. The van der Waals surface area contributed by atoms with Gasteiger partial charge in [-0.3, -0.25) is 9.59 Å². The van der Waals surface area contributed by atoms with Crippen LogP contribution in [0.15, 0.2) is 0 Å². The SMILES string of the molecule is CC(C)CC(N)C(=O)OCCCCCCOC(=O)[C@@H](N)CC(C)C. The summed E-state index contributed by atoms with van der Waals surface area (Å²) < 4.78 is 10.3. The van der Waals surface area contributed by atoms with Gasteiger partial charge in [0.2, 0.25) is 0 Å². The molecule has 0 aromatic carbocycles. The molecule has 0 heterocycles. The van der Waals surface area contributed by atoms with Crippen LogP contribution in [0.2, 0.25) is 0 Å². The molecule has 1 unspecified atom stereocenters. The molecule has 24 heavy (non-hydrogen) atoms. The normalized spacial score (nSPS) is 13.8. The summed E-state index contributed by atoms with van der Waals surface area (Å²) in [7, 11) is 0. The predicted molar refractivity (Wildman–Crippen MR) is 95.2 cm³/mol. The second-order valence-electron chi connectivity index (χ2n) is 7.22. The molecule has 0 aromatic heterocycles. The van der Waals surface area contributed by atoms with E-state index in [4.69, 9.17) is 20.9 Å². The Morgan fingerprint density at radius 1 is 0.708 bits per heavy atom. The Balaban J connectivity index is 3.54. The molecule has 0 spiro atoms. The molecule has 0 bridgehead atoms. The van der Waals surface area contributed by atoms with Crippen molar-refractivity contribution in [2.75, 3.05) is 13.2 Å². The zero-order chi connectivity index (χ0) is 18.5.